The van der Waals surface area contributed by atoms with Crippen LogP contribution in [0.4, 0.5) is 37.6 Å². The van der Waals surface area contributed by atoms with E-state index in [1.54, 1.807) is 13.3 Å². The molecule has 1 aliphatic carbocycles. The SMILES string of the molecule is CP(C)(=O)c1ccccc1Nc1nc(Nc2ccc(N3CC4(C3)CC4(F)F)c3c2COC3)ncc1Cl. The largest absolute Gasteiger partial charge is 0.372 e. The third-order valence-electron chi connectivity index (χ3n) is 7.17. The maximum absolute atomic E-state index is 13.7. The van der Waals surface area contributed by atoms with E-state index in [-0.39, 0.29) is 6.42 Å². The van der Waals surface area contributed by atoms with Gasteiger partial charge in [-0.2, -0.15) is 4.98 Å². The number of halogens is 3. The molecule has 7 nitrogen and oxygen atoms in total. The number of hydrogen-bond donors (Lipinski definition) is 2. The summed E-state index contributed by atoms with van der Waals surface area (Å²) >= 11 is 6.37. The summed E-state index contributed by atoms with van der Waals surface area (Å²) in [5.74, 6) is -1.82. The molecule has 3 heterocycles. The van der Waals surface area contributed by atoms with Crippen molar-refractivity contribution in [1.29, 1.82) is 0 Å². The van der Waals surface area contributed by atoms with Crippen LogP contribution < -0.4 is 20.8 Å². The number of fused-ring (bicyclic) bond motifs is 1. The standard InChI is InChI=1S/C25H25ClF2N5O2P/c1-36(2,34)21-6-4-3-5-19(21)30-22-17(26)9-29-23(32-22)31-18-7-8-20(16-11-35-10-15(16)18)33-13-24(14-33)12-25(24,27)28/h3-9H,10-14H2,1-2H3,(H2,29,30,31,32). The van der Waals surface area contributed by atoms with Crippen molar-refractivity contribution in [3.05, 3.63) is 58.7 Å². The second kappa shape index (κ2) is 8.13. The number of aromatic nitrogens is 2. The Kier molecular flexibility index (Phi) is 5.34. The molecule has 0 amide bonds. The first-order chi connectivity index (χ1) is 17.1. The average Bonchev–Trinajstić information content (AvgIpc) is 3.13. The van der Waals surface area contributed by atoms with Crippen LogP contribution in [-0.4, -0.2) is 42.3 Å². The quantitative estimate of drug-likeness (QED) is 0.393. The summed E-state index contributed by atoms with van der Waals surface area (Å²) in [4.78, 5) is 10.9. The van der Waals surface area contributed by atoms with E-state index in [2.05, 4.69) is 20.6 Å². The molecule has 0 atom stereocenters. The van der Waals surface area contributed by atoms with Gasteiger partial charge in [-0.3, -0.25) is 0 Å². The highest BCUT2D eigenvalue weighted by Gasteiger charge is 2.76. The van der Waals surface area contributed by atoms with Gasteiger partial charge in [-0.05, 0) is 37.6 Å². The van der Waals surface area contributed by atoms with Crippen molar-refractivity contribution in [2.45, 2.75) is 25.6 Å². The molecule has 0 bridgehead atoms. The fraction of sp³-hybridized carbons (Fsp3) is 0.360. The smallest absolute Gasteiger partial charge is 0.258 e. The molecule has 2 aromatic carbocycles. The van der Waals surface area contributed by atoms with Gasteiger partial charge in [0.2, 0.25) is 5.95 Å². The van der Waals surface area contributed by atoms with E-state index in [1.165, 1.54) is 6.20 Å². The zero-order valence-electron chi connectivity index (χ0n) is 19.8. The van der Waals surface area contributed by atoms with Gasteiger partial charge in [0.1, 0.15) is 12.2 Å². The fourth-order valence-electron chi connectivity index (χ4n) is 5.07. The summed E-state index contributed by atoms with van der Waals surface area (Å²) in [6.45, 7) is 5.01. The van der Waals surface area contributed by atoms with Crippen LogP contribution in [0.1, 0.15) is 17.5 Å². The third-order valence-corrected chi connectivity index (χ3v) is 8.99. The van der Waals surface area contributed by atoms with Crippen LogP contribution >= 0.6 is 18.7 Å². The Labute approximate surface area is 212 Å². The predicted molar refractivity (Wildman–Crippen MR) is 138 cm³/mol. The molecule has 11 heteroatoms. The number of benzene rings is 2. The average molecular weight is 532 g/mol. The van der Waals surface area contributed by atoms with E-state index in [1.807, 2.05) is 41.3 Å². The van der Waals surface area contributed by atoms with Crippen LogP contribution in [-0.2, 0) is 22.5 Å². The molecule has 2 aliphatic heterocycles. The zero-order valence-corrected chi connectivity index (χ0v) is 21.5. The van der Waals surface area contributed by atoms with E-state index in [0.29, 0.717) is 54.1 Å². The summed E-state index contributed by atoms with van der Waals surface area (Å²) in [6, 6.07) is 11.2. The lowest BCUT2D eigenvalue weighted by atomic mass is 9.93. The van der Waals surface area contributed by atoms with Crippen molar-refractivity contribution < 1.29 is 18.1 Å². The van der Waals surface area contributed by atoms with Gasteiger partial charge >= 0.3 is 0 Å². The monoisotopic (exact) mass is 531 g/mol. The Morgan fingerprint density at radius 2 is 1.78 bits per heavy atom. The number of hydrogen-bond acceptors (Lipinski definition) is 7. The Hall–Kier alpha value is -2.74. The van der Waals surface area contributed by atoms with Crippen LogP contribution in [0.5, 0.6) is 0 Å². The normalized spacial score (nSPS) is 19.1. The molecule has 3 aliphatic rings. The van der Waals surface area contributed by atoms with Crippen molar-refractivity contribution in [3.63, 3.8) is 0 Å². The van der Waals surface area contributed by atoms with E-state index in [9.17, 15) is 13.3 Å². The molecular formula is C25H25ClF2N5O2P. The maximum Gasteiger partial charge on any atom is 0.258 e. The second-order valence-electron chi connectivity index (χ2n) is 10.1. The highest BCUT2D eigenvalue weighted by molar-refractivity contribution is 7.70. The summed E-state index contributed by atoms with van der Waals surface area (Å²) in [7, 11) is -2.53. The van der Waals surface area contributed by atoms with Crippen molar-refractivity contribution in [2.75, 3.05) is 42.0 Å². The van der Waals surface area contributed by atoms with E-state index in [0.717, 1.165) is 22.5 Å². The van der Waals surface area contributed by atoms with Crippen molar-refractivity contribution in [1.82, 2.24) is 9.97 Å². The first-order valence-electron chi connectivity index (χ1n) is 11.6. The van der Waals surface area contributed by atoms with E-state index >= 15 is 0 Å². The van der Waals surface area contributed by atoms with Gasteiger partial charge in [-0.1, -0.05) is 23.7 Å². The summed E-state index contributed by atoms with van der Waals surface area (Å²) in [6.07, 6.45) is 1.48. The number of anilines is 5. The minimum atomic E-state index is -2.53. The number of alkyl halides is 2. The van der Waals surface area contributed by atoms with Crippen LogP contribution in [0.25, 0.3) is 0 Å². The van der Waals surface area contributed by atoms with Gasteiger partial charge in [0.25, 0.3) is 5.92 Å². The van der Waals surface area contributed by atoms with Crippen molar-refractivity contribution >= 4 is 52.9 Å². The molecule has 1 aromatic heterocycles. The molecule has 188 valence electrons. The molecule has 1 saturated heterocycles. The lowest BCUT2D eigenvalue weighted by Crippen LogP contribution is -2.51. The highest BCUT2D eigenvalue weighted by atomic mass is 35.5. The van der Waals surface area contributed by atoms with Gasteiger partial charge in [0.05, 0.1) is 30.5 Å². The lowest BCUT2D eigenvalue weighted by molar-refractivity contribution is 0.0519. The van der Waals surface area contributed by atoms with Gasteiger partial charge in [-0.15, -0.1) is 0 Å². The van der Waals surface area contributed by atoms with E-state index < -0.39 is 18.5 Å². The first-order valence-corrected chi connectivity index (χ1v) is 14.6. The zero-order chi connectivity index (χ0) is 25.3. The predicted octanol–water partition coefficient (Wildman–Crippen LogP) is 5.74. The van der Waals surface area contributed by atoms with Crippen LogP contribution in [0.15, 0.2) is 42.6 Å². The molecule has 1 saturated carbocycles. The number of rotatable bonds is 6. The fourth-order valence-corrected chi connectivity index (χ4v) is 6.36. The minimum Gasteiger partial charge on any atom is -0.372 e. The number of para-hydroxylation sites is 1. The minimum absolute atomic E-state index is 0.0162. The summed E-state index contributed by atoms with van der Waals surface area (Å²) in [5, 5.41) is 7.48. The number of nitrogens with zero attached hydrogens (tertiary/aromatic N) is 3. The second-order valence-corrected chi connectivity index (χ2v) is 13.7. The van der Waals surface area contributed by atoms with Gasteiger partial charge in [0.15, 0.2) is 5.82 Å². The van der Waals surface area contributed by atoms with Gasteiger partial charge < -0.3 is 24.8 Å². The number of ether oxygens (including phenoxy) is 1. The number of nitrogens with one attached hydrogen (secondary N) is 2. The van der Waals surface area contributed by atoms with Crippen molar-refractivity contribution in [2.24, 2.45) is 5.41 Å². The summed E-state index contributed by atoms with van der Waals surface area (Å²) in [5.41, 5.74) is 3.54. The Morgan fingerprint density at radius 1 is 1.06 bits per heavy atom. The third kappa shape index (κ3) is 3.94. The molecule has 0 radical (unpaired) electrons. The highest BCUT2D eigenvalue weighted by Crippen LogP contribution is 2.66. The molecule has 2 fully saturated rings. The molecule has 1 spiro atoms. The summed E-state index contributed by atoms with van der Waals surface area (Å²) < 4.78 is 45.8. The Bertz CT molecular complexity index is 1420. The molecule has 36 heavy (non-hydrogen) atoms. The van der Waals surface area contributed by atoms with Crippen LogP contribution in [0, 0.1) is 5.41 Å². The van der Waals surface area contributed by atoms with Crippen LogP contribution in [0.2, 0.25) is 5.02 Å². The van der Waals surface area contributed by atoms with Crippen molar-refractivity contribution in [3.8, 4) is 0 Å². The van der Waals surface area contributed by atoms with Crippen LogP contribution in [0.3, 0.4) is 0 Å². The van der Waals surface area contributed by atoms with Gasteiger partial charge in [-0.25, -0.2) is 13.8 Å². The van der Waals surface area contributed by atoms with Gasteiger partial charge in [0, 0.05) is 47.3 Å². The first kappa shape index (κ1) is 23.6. The molecule has 3 aromatic rings. The lowest BCUT2D eigenvalue weighted by Gasteiger charge is -2.42. The topological polar surface area (TPSA) is 79.4 Å². The molecule has 2 N–H and O–H groups in total. The van der Waals surface area contributed by atoms with E-state index in [4.69, 9.17) is 16.3 Å². The maximum atomic E-state index is 13.7. The molecular weight excluding hydrogens is 507 g/mol. The molecule has 0 unspecified atom stereocenters. The Balaban J connectivity index is 1.25. The Morgan fingerprint density at radius 3 is 2.50 bits per heavy atom. The molecule has 6 rings (SSSR count).